The molecule has 7 heteroatoms. The number of nitrogens with two attached hydrogens (primary N) is 1. The van der Waals surface area contributed by atoms with Crippen LogP contribution in [0.1, 0.15) is 12.8 Å². The lowest BCUT2D eigenvalue weighted by Gasteiger charge is -2.35. The van der Waals surface area contributed by atoms with E-state index in [1.165, 1.54) is 4.31 Å². The van der Waals surface area contributed by atoms with Gasteiger partial charge in [-0.05, 0) is 47.1 Å². The normalized spacial score (nSPS) is 20.4. The van der Waals surface area contributed by atoms with E-state index in [1.807, 2.05) is 19.0 Å². The molecular weight excluding hydrogens is 240 g/mol. The Hall–Kier alpha value is -0.210. The molecule has 0 bridgehead atoms. The van der Waals surface area contributed by atoms with Crippen molar-refractivity contribution in [3.63, 3.8) is 0 Å². The third kappa shape index (κ3) is 4.89. The summed E-state index contributed by atoms with van der Waals surface area (Å²) < 4.78 is 24.7. The van der Waals surface area contributed by atoms with Crippen molar-refractivity contribution in [3.05, 3.63) is 0 Å². The molecule has 1 fully saturated rings. The molecule has 1 rings (SSSR count). The average molecular weight is 264 g/mol. The van der Waals surface area contributed by atoms with Crippen molar-refractivity contribution >= 4 is 10.2 Å². The van der Waals surface area contributed by atoms with E-state index in [2.05, 4.69) is 11.9 Å². The minimum atomic E-state index is -3.59. The second-order valence-electron chi connectivity index (χ2n) is 4.99. The summed E-state index contributed by atoms with van der Waals surface area (Å²) in [5.41, 5.74) is 0. The van der Waals surface area contributed by atoms with Crippen LogP contribution in [-0.4, -0.2) is 75.9 Å². The second kappa shape index (κ2) is 6.10. The van der Waals surface area contributed by atoms with Gasteiger partial charge in [0.15, 0.2) is 0 Å². The van der Waals surface area contributed by atoms with Crippen LogP contribution >= 0.6 is 0 Å². The molecule has 0 atom stereocenters. The highest BCUT2D eigenvalue weighted by Gasteiger charge is 2.29. The molecule has 0 saturated carbocycles. The van der Waals surface area contributed by atoms with Crippen LogP contribution in [0.25, 0.3) is 0 Å². The average Bonchev–Trinajstić information content (AvgIpc) is 2.18. The van der Waals surface area contributed by atoms with E-state index >= 15 is 0 Å². The van der Waals surface area contributed by atoms with Gasteiger partial charge in [0.05, 0.1) is 0 Å². The van der Waals surface area contributed by atoms with Gasteiger partial charge in [-0.25, -0.2) is 5.14 Å². The highest BCUT2D eigenvalue weighted by molar-refractivity contribution is 7.86. The van der Waals surface area contributed by atoms with Crippen molar-refractivity contribution < 1.29 is 8.42 Å². The Labute approximate surface area is 105 Å². The quantitative estimate of drug-likeness (QED) is 0.702. The molecule has 0 radical (unpaired) electrons. The first kappa shape index (κ1) is 14.8. The summed E-state index contributed by atoms with van der Waals surface area (Å²) in [5.74, 6) is 0. The highest BCUT2D eigenvalue weighted by atomic mass is 32.2. The smallest absolute Gasteiger partial charge is 0.277 e. The van der Waals surface area contributed by atoms with Crippen LogP contribution in [0.15, 0.2) is 0 Å². The van der Waals surface area contributed by atoms with Crippen LogP contribution in [-0.2, 0) is 10.2 Å². The molecule has 6 nitrogen and oxygen atoms in total. The van der Waals surface area contributed by atoms with Crippen molar-refractivity contribution in [1.82, 2.24) is 14.1 Å². The molecule has 0 unspecified atom stereocenters. The molecule has 102 valence electrons. The molecule has 0 aromatic rings. The summed E-state index contributed by atoms with van der Waals surface area (Å²) in [5, 5.41) is 5.30. The van der Waals surface area contributed by atoms with Crippen molar-refractivity contribution in [1.29, 1.82) is 0 Å². The summed E-state index contributed by atoms with van der Waals surface area (Å²) in [6, 6.07) is 0.0566. The lowest BCUT2D eigenvalue weighted by molar-refractivity contribution is 0.175. The van der Waals surface area contributed by atoms with Crippen LogP contribution in [0, 0.1) is 0 Å². The van der Waals surface area contributed by atoms with Crippen molar-refractivity contribution in [2.24, 2.45) is 5.14 Å². The first-order chi connectivity index (χ1) is 7.80. The fourth-order valence-corrected chi connectivity index (χ4v) is 3.06. The van der Waals surface area contributed by atoms with Gasteiger partial charge in [0, 0.05) is 19.1 Å². The number of piperidine rings is 1. The zero-order valence-electron chi connectivity index (χ0n) is 11.0. The third-order valence-corrected chi connectivity index (χ3v) is 4.32. The maximum Gasteiger partial charge on any atom is 0.277 e. The maximum absolute atomic E-state index is 11.6. The zero-order chi connectivity index (χ0) is 13.1. The van der Waals surface area contributed by atoms with Crippen LogP contribution < -0.4 is 5.14 Å². The molecule has 1 heterocycles. The summed E-state index contributed by atoms with van der Waals surface area (Å²) in [6.07, 6.45) is 1.72. The monoisotopic (exact) mass is 264 g/mol. The van der Waals surface area contributed by atoms with Crippen LogP contribution in [0.5, 0.6) is 0 Å². The standard InChI is InChI=1S/C10H24N4O2S/c1-12(2)8-9-14(17(11,15)16)10-4-6-13(3)7-5-10/h10H,4-9H2,1-3H3,(H2,11,15,16). The molecule has 0 aliphatic carbocycles. The van der Waals surface area contributed by atoms with Gasteiger partial charge < -0.3 is 9.80 Å². The van der Waals surface area contributed by atoms with E-state index in [0.29, 0.717) is 13.1 Å². The van der Waals surface area contributed by atoms with Crippen molar-refractivity contribution in [3.8, 4) is 0 Å². The van der Waals surface area contributed by atoms with Crippen LogP contribution in [0.2, 0.25) is 0 Å². The number of likely N-dealkylation sites (tertiary alicyclic amines) is 1. The van der Waals surface area contributed by atoms with E-state index in [1.54, 1.807) is 0 Å². The number of hydrogen-bond donors (Lipinski definition) is 1. The van der Waals surface area contributed by atoms with Gasteiger partial charge in [-0.1, -0.05) is 0 Å². The Morgan fingerprint density at radius 1 is 1.24 bits per heavy atom. The minimum Gasteiger partial charge on any atom is -0.308 e. The minimum absolute atomic E-state index is 0.0566. The van der Waals surface area contributed by atoms with E-state index in [0.717, 1.165) is 25.9 Å². The first-order valence-corrected chi connectivity index (χ1v) is 7.44. The van der Waals surface area contributed by atoms with Gasteiger partial charge in [0.25, 0.3) is 10.2 Å². The SMILES string of the molecule is CN(C)CCN(C1CCN(C)CC1)S(N)(=O)=O. The first-order valence-electron chi connectivity index (χ1n) is 5.93. The molecule has 0 aromatic heterocycles. The largest absolute Gasteiger partial charge is 0.308 e. The molecule has 0 aromatic carbocycles. The molecule has 1 saturated heterocycles. The second-order valence-corrected chi connectivity index (χ2v) is 6.49. The predicted molar refractivity (Wildman–Crippen MR) is 68.9 cm³/mol. The van der Waals surface area contributed by atoms with Crippen molar-refractivity contribution in [2.45, 2.75) is 18.9 Å². The van der Waals surface area contributed by atoms with Crippen LogP contribution in [0.4, 0.5) is 0 Å². The Bertz CT molecular complexity index is 323. The molecule has 1 aliphatic rings. The van der Waals surface area contributed by atoms with Crippen LogP contribution in [0.3, 0.4) is 0 Å². The van der Waals surface area contributed by atoms with Crippen molar-refractivity contribution in [2.75, 3.05) is 47.3 Å². The number of nitrogens with zero attached hydrogens (tertiary/aromatic N) is 3. The number of hydrogen-bond acceptors (Lipinski definition) is 4. The number of likely N-dealkylation sites (N-methyl/N-ethyl adjacent to an activating group) is 1. The van der Waals surface area contributed by atoms with E-state index in [-0.39, 0.29) is 6.04 Å². The molecular formula is C10H24N4O2S. The Morgan fingerprint density at radius 2 is 1.76 bits per heavy atom. The van der Waals surface area contributed by atoms with Gasteiger partial charge in [-0.3, -0.25) is 0 Å². The molecule has 2 N–H and O–H groups in total. The highest BCUT2D eigenvalue weighted by Crippen LogP contribution is 2.17. The Morgan fingerprint density at radius 3 is 2.18 bits per heavy atom. The van der Waals surface area contributed by atoms with Gasteiger partial charge in [-0.15, -0.1) is 0 Å². The van der Waals surface area contributed by atoms with E-state index < -0.39 is 10.2 Å². The lowest BCUT2D eigenvalue weighted by atomic mass is 10.1. The van der Waals surface area contributed by atoms with Gasteiger partial charge in [0.2, 0.25) is 0 Å². The van der Waals surface area contributed by atoms with Gasteiger partial charge >= 0.3 is 0 Å². The lowest BCUT2D eigenvalue weighted by Crippen LogP contribution is -2.50. The van der Waals surface area contributed by atoms with E-state index in [9.17, 15) is 8.42 Å². The topological polar surface area (TPSA) is 69.9 Å². The summed E-state index contributed by atoms with van der Waals surface area (Å²) in [4.78, 5) is 4.18. The summed E-state index contributed by atoms with van der Waals surface area (Å²) in [7, 11) is 2.32. The Balaban J connectivity index is 2.63. The molecule has 0 spiro atoms. The molecule has 17 heavy (non-hydrogen) atoms. The fourth-order valence-electron chi connectivity index (χ4n) is 2.10. The number of rotatable bonds is 5. The molecule has 1 aliphatic heterocycles. The fraction of sp³-hybridized carbons (Fsp3) is 1.00. The predicted octanol–water partition coefficient (Wildman–Crippen LogP) is -0.852. The summed E-state index contributed by atoms with van der Waals surface area (Å²) in [6.45, 7) is 3.03. The molecule has 0 amide bonds. The van der Waals surface area contributed by atoms with Gasteiger partial charge in [0.1, 0.15) is 0 Å². The third-order valence-electron chi connectivity index (χ3n) is 3.19. The van der Waals surface area contributed by atoms with Gasteiger partial charge in [-0.2, -0.15) is 12.7 Å². The van der Waals surface area contributed by atoms with E-state index in [4.69, 9.17) is 5.14 Å². The Kier molecular flexibility index (Phi) is 5.33. The maximum atomic E-state index is 11.6. The zero-order valence-corrected chi connectivity index (χ0v) is 11.8. The summed E-state index contributed by atoms with van der Waals surface area (Å²) >= 11 is 0.